The van der Waals surface area contributed by atoms with Crippen LogP contribution in [0.5, 0.6) is 0 Å². The molecule has 2 unspecified atom stereocenters. The van der Waals surface area contributed by atoms with Gasteiger partial charge in [0.05, 0.1) is 12.2 Å². The summed E-state index contributed by atoms with van der Waals surface area (Å²) in [4.78, 5) is 0. The minimum atomic E-state index is -1.35. The molecule has 0 aliphatic heterocycles. The molecule has 0 spiro atoms. The maximum absolute atomic E-state index is 10.2. The van der Waals surface area contributed by atoms with Crippen molar-refractivity contribution in [1.82, 2.24) is 0 Å². The lowest BCUT2D eigenvalue weighted by Crippen LogP contribution is -2.52. The molecular weight excluding hydrogens is 180 g/mol. The molecule has 0 aliphatic rings. The number of aliphatic hydroxyl groups is 3. The topological polar surface area (TPSA) is 60.7 Å². The summed E-state index contributed by atoms with van der Waals surface area (Å²) in [5.41, 5.74) is -1.35. The van der Waals surface area contributed by atoms with Gasteiger partial charge in [0, 0.05) is 0 Å². The average molecular weight is 204 g/mol. The Bertz CT molecular complexity index is 147. The van der Waals surface area contributed by atoms with E-state index in [4.69, 9.17) is 0 Å². The van der Waals surface area contributed by atoms with Gasteiger partial charge in [-0.05, 0) is 25.2 Å². The van der Waals surface area contributed by atoms with E-state index >= 15 is 0 Å². The van der Waals surface area contributed by atoms with Gasteiger partial charge in [0.1, 0.15) is 5.60 Å². The van der Waals surface area contributed by atoms with Gasteiger partial charge in [0.15, 0.2) is 0 Å². The van der Waals surface area contributed by atoms with E-state index in [9.17, 15) is 15.3 Å². The lowest BCUT2D eigenvalue weighted by Gasteiger charge is -2.37. The van der Waals surface area contributed by atoms with Gasteiger partial charge in [-0.3, -0.25) is 0 Å². The number of aliphatic hydroxyl groups excluding tert-OH is 2. The molecule has 0 aromatic carbocycles. The molecule has 0 aromatic heterocycles. The molecule has 0 rings (SSSR count). The molecule has 0 aromatic rings. The third-order valence-electron chi connectivity index (χ3n) is 2.66. The minimum Gasteiger partial charge on any atom is -0.390 e. The van der Waals surface area contributed by atoms with E-state index in [1.165, 1.54) is 0 Å². The SMILES string of the molecule is CCC(O)C(O)(CC(C)C)C(O)CC. The molecule has 0 fully saturated rings. The van der Waals surface area contributed by atoms with E-state index in [2.05, 4.69) is 0 Å². The minimum absolute atomic E-state index is 0.252. The highest BCUT2D eigenvalue weighted by molar-refractivity contribution is 4.92. The first-order valence-electron chi connectivity index (χ1n) is 5.46. The molecule has 0 bridgehead atoms. The van der Waals surface area contributed by atoms with Crippen molar-refractivity contribution in [3.05, 3.63) is 0 Å². The molecule has 3 nitrogen and oxygen atoms in total. The predicted molar refractivity (Wildman–Crippen MR) is 57.0 cm³/mol. The fourth-order valence-corrected chi connectivity index (χ4v) is 1.86. The molecule has 0 heterocycles. The number of rotatable bonds is 6. The molecule has 0 saturated heterocycles. The van der Waals surface area contributed by atoms with Gasteiger partial charge >= 0.3 is 0 Å². The maximum Gasteiger partial charge on any atom is 0.116 e. The molecular formula is C11H24O3. The van der Waals surface area contributed by atoms with Crippen LogP contribution in [-0.2, 0) is 0 Å². The van der Waals surface area contributed by atoms with Crippen LogP contribution in [0.4, 0.5) is 0 Å². The largest absolute Gasteiger partial charge is 0.390 e. The van der Waals surface area contributed by atoms with Crippen molar-refractivity contribution in [2.24, 2.45) is 5.92 Å². The molecule has 0 saturated carbocycles. The molecule has 0 aliphatic carbocycles. The molecule has 3 N–H and O–H groups in total. The van der Waals surface area contributed by atoms with Crippen molar-refractivity contribution < 1.29 is 15.3 Å². The Labute approximate surface area is 86.8 Å². The Morgan fingerprint density at radius 3 is 1.57 bits per heavy atom. The zero-order valence-electron chi connectivity index (χ0n) is 9.70. The Morgan fingerprint density at radius 1 is 1.00 bits per heavy atom. The third kappa shape index (κ3) is 3.23. The van der Waals surface area contributed by atoms with Crippen LogP contribution in [0.25, 0.3) is 0 Å². The molecule has 2 atom stereocenters. The summed E-state index contributed by atoms with van der Waals surface area (Å²) in [7, 11) is 0. The summed E-state index contributed by atoms with van der Waals surface area (Å²) in [5.74, 6) is 0.252. The standard InChI is InChI=1S/C11H24O3/c1-5-9(12)11(14,7-8(3)4)10(13)6-2/h8-10,12-14H,5-7H2,1-4H3. The van der Waals surface area contributed by atoms with Crippen LogP contribution in [-0.4, -0.2) is 33.1 Å². The summed E-state index contributed by atoms with van der Waals surface area (Å²) in [6, 6.07) is 0. The Hall–Kier alpha value is -0.120. The van der Waals surface area contributed by atoms with E-state index in [0.29, 0.717) is 19.3 Å². The van der Waals surface area contributed by atoms with Crippen molar-refractivity contribution in [1.29, 1.82) is 0 Å². The Balaban J connectivity index is 4.65. The maximum atomic E-state index is 10.2. The van der Waals surface area contributed by atoms with Crippen molar-refractivity contribution >= 4 is 0 Å². The Morgan fingerprint density at radius 2 is 1.36 bits per heavy atom. The predicted octanol–water partition coefficient (Wildman–Crippen LogP) is 1.31. The van der Waals surface area contributed by atoms with Gasteiger partial charge in [-0.25, -0.2) is 0 Å². The average Bonchev–Trinajstić information content (AvgIpc) is 2.13. The summed E-state index contributed by atoms with van der Waals surface area (Å²) in [6.07, 6.45) is -0.350. The zero-order valence-corrected chi connectivity index (χ0v) is 9.70. The normalized spacial score (nSPS) is 20.6. The van der Waals surface area contributed by atoms with Crippen LogP contribution in [0.1, 0.15) is 47.0 Å². The van der Waals surface area contributed by atoms with Crippen LogP contribution < -0.4 is 0 Å². The second-order valence-electron chi connectivity index (χ2n) is 4.44. The molecule has 0 amide bonds. The molecule has 14 heavy (non-hydrogen) atoms. The van der Waals surface area contributed by atoms with Crippen LogP contribution in [0, 0.1) is 5.92 Å². The summed E-state index contributed by atoms with van der Waals surface area (Å²) < 4.78 is 0. The van der Waals surface area contributed by atoms with Crippen molar-refractivity contribution in [2.45, 2.75) is 64.8 Å². The smallest absolute Gasteiger partial charge is 0.116 e. The Kier molecular flexibility index (Phi) is 5.64. The van der Waals surface area contributed by atoms with Crippen molar-refractivity contribution in [2.75, 3.05) is 0 Å². The molecule has 3 heteroatoms. The summed E-state index contributed by atoms with van der Waals surface area (Å²) in [6.45, 7) is 7.54. The monoisotopic (exact) mass is 204 g/mol. The highest BCUT2D eigenvalue weighted by Gasteiger charge is 2.41. The van der Waals surface area contributed by atoms with E-state index in [0.717, 1.165) is 0 Å². The highest BCUT2D eigenvalue weighted by Crippen LogP contribution is 2.28. The van der Waals surface area contributed by atoms with E-state index in [-0.39, 0.29) is 5.92 Å². The fourth-order valence-electron chi connectivity index (χ4n) is 1.86. The quantitative estimate of drug-likeness (QED) is 0.611. The van der Waals surface area contributed by atoms with Crippen LogP contribution in [0.15, 0.2) is 0 Å². The molecule has 0 radical (unpaired) electrons. The second-order valence-corrected chi connectivity index (χ2v) is 4.44. The first-order valence-corrected chi connectivity index (χ1v) is 5.46. The lowest BCUT2D eigenvalue weighted by atomic mass is 9.80. The first kappa shape index (κ1) is 13.9. The van der Waals surface area contributed by atoms with E-state index in [1.54, 1.807) is 13.8 Å². The highest BCUT2D eigenvalue weighted by atomic mass is 16.4. The first-order chi connectivity index (χ1) is 6.38. The third-order valence-corrected chi connectivity index (χ3v) is 2.66. The van der Waals surface area contributed by atoms with E-state index < -0.39 is 17.8 Å². The number of hydrogen-bond acceptors (Lipinski definition) is 3. The molecule has 86 valence electrons. The zero-order chi connectivity index (χ0) is 11.4. The van der Waals surface area contributed by atoms with Gasteiger partial charge in [-0.2, -0.15) is 0 Å². The second kappa shape index (κ2) is 5.69. The summed E-state index contributed by atoms with van der Waals surface area (Å²) in [5, 5.41) is 29.7. The van der Waals surface area contributed by atoms with E-state index in [1.807, 2.05) is 13.8 Å². The van der Waals surface area contributed by atoms with Gasteiger partial charge in [0.25, 0.3) is 0 Å². The van der Waals surface area contributed by atoms with Gasteiger partial charge in [-0.15, -0.1) is 0 Å². The lowest BCUT2D eigenvalue weighted by molar-refractivity contribution is -0.156. The van der Waals surface area contributed by atoms with Gasteiger partial charge in [0.2, 0.25) is 0 Å². The van der Waals surface area contributed by atoms with Crippen LogP contribution in [0.2, 0.25) is 0 Å². The fraction of sp³-hybridized carbons (Fsp3) is 1.00. The summed E-state index contributed by atoms with van der Waals surface area (Å²) >= 11 is 0. The van der Waals surface area contributed by atoms with Gasteiger partial charge < -0.3 is 15.3 Å². The van der Waals surface area contributed by atoms with Crippen molar-refractivity contribution in [3.63, 3.8) is 0 Å². The van der Waals surface area contributed by atoms with Gasteiger partial charge in [-0.1, -0.05) is 27.7 Å². The van der Waals surface area contributed by atoms with Crippen LogP contribution >= 0.6 is 0 Å². The van der Waals surface area contributed by atoms with Crippen LogP contribution in [0.3, 0.4) is 0 Å². The van der Waals surface area contributed by atoms with Crippen molar-refractivity contribution in [3.8, 4) is 0 Å². The number of hydrogen-bond donors (Lipinski definition) is 3.